The smallest absolute Gasteiger partial charge is 0.319 e. The predicted octanol–water partition coefficient (Wildman–Crippen LogP) is 5.38. The van der Waals surface area contributed by atoms with Gasteiger partial charge in [-0.05, 0) is 43.3 Å². The van der Waals surface area contributed by atoms with Crippen LogP contribution in [0.1, 0.15) is 29.9 Å². The molecular formula is C26H23F2NO5S. The summed E-state index contributed by atoms with van der Waals surface area (Å²) in [6.45, 7) is 1.59. The van der Waals surface area contributed by atoms with Crippen LogP contribution in [0.4, 0.5) is 14.5 Å². The maximum atomic E-state index is 14.1. The molecule has 35 heavy (non-hydrogen) atoms. The Bertz CT molecular complexity index is 1190. The Hall–Kier alpha value is -3.43. The average Bonchev–Trinajstić information content (AvgIpc) is 2.87. The molecule has 0 spiro atoms. The lowest BCUT2D eigenvalue weighted by atomic mass is 10.1. The largest absolute Gasteiger partial charge is 0.460 e. The number of benzene rings is 3. The summed E-state index contributed by atoms with van der Waals surface area (Å²) in [5.41, 5.74) is 2.20. The summed E-state index contributed by atoms with van der Waals surface area (Å²) in [6.07, 6.45) is -0.655. The molecular weight excluding hydrogens is 476 g/mol. The lowest BCUT2D eigenvalue weighted by Gasteiger charge is -2.28. The fourth-order valence-corrected chi connectivity index (χ4v) is 4.10. The highest BCUT2D eigenvalue weighted by Gasteiger charge is 2.26. The Morgan fingerprint density at radius 1 is 1.09 bits per heavy atom. The lowest BCUT2D eigenvalue weighted by molar-refractivity contribution is -0.144. The Balaban J connectivity index is 1.32. The number of carbonyl (C=O) groups is 2. The molecule has 4 rings (SSSR count). The monoisotopic (exact) mass is 499 g/mol. The highest BCUT2D eigenvalue weighted by atomic mass is 32.2. The molecule has 0 fully saturated rings. The molecule has 3 aromatic rings. The van der Waals surface area contributed by atoms with Crippen LogP contribution in [0, 0.1) is 11.6 Å². The number of anilines is 1. The third-order valence-electron chi connectivity index (χ3n) is 5.19. The molecule has 0 bridgehead atoms. The lowest BCUT2D eigenvalue weighted by Crippen LogP contribution is -2.22. The summed E-state index contributed by atoms with van der Waals surface area (Å²) in [5, 5.41) is 1.99. The van der Waals surface area contributed by atoms with Crippen molar-refractivity contribution in [3.05, 3.63) is 95.1 Å². The zero-order valence-electron chi connectivity index (χ0n) is 18.8. The number of halogens is 2. The van der Waals surface area contributed by atoms with E-state index in [-0.39, 0.29) is 24.9 Å². The van der Waals surface area contributed by atoms with Gasteiger partial charge < -0.3 is 19.5 Å². The molecule has 1 N–H and O–H groups in total. The number of hydrogen-bond acceptors (Lipinski definition) is 6. The fraction of sp³-hybridized carbons (Fsp3) is 0.231. The molecule has 1 amide bonds. The highest BCUT2D eigenvalue weighted by Crippen LogP contribution is 2.37. The van der Waals surface area contributed by atoms with Crippen LogP contribution in [0.25, 0.3) is 0 Å². The van der Waals surface area contributed by atoms with Gasteiger partial charge in [0.1, 0.15) is 29.2 Å². The predicted molar refractivity (Wildman–Crippen MR) is 128 cm³/mol. The minimum atomic E-state index is -0.655. The first kappa shape index (κ1) is 24.7. The summed E-state index contributed by atoms with van der Waals surface area (Å²) in [6, 6.07) is 17.3. The van der Waals surface area contributed by atoms with E-state index < -0.39 is 29.1 Å². The Kier molecular flexibility index (Phi) is 7.99. The van der Waals surface area contributed by atoms with E-state index >= 15 is 0 Å². The van der Waals surface area contributed by atoms with E-state index in [1.807, 2.05) is 30.3 Å². The number of esters is 1. The maximum Gasteiger partial charge on any atom is 0.319 e. The molecule has 2 unspecified atom stereocenters. The van der Waals surface area contributed by atoms with Gasteiger partial charge in [-0.1, -0.05) is 30.3 Å². The van der Waals surface area contributed by atoms with Crippen molar-refractivity contribution in [3.8, 4) is 5.75 Å². The summed E-state index contributed by atoms with van der Waals surface area (Å²) in [7, 11) is 0. The van der Waals surface area contributed by atoms with Gasteiger partial charge in [0.15, 0.2) is 0 Å². The van der Waals surface area contributed by atoms with Crippen molar-refractivity contribution < 1.29 is 32.6 Å². The van der Waals surface area contributed by atoms with Crippen LogP contribution in [0.15, 0.2) is 66.7 Å². The van der Waals surface area contributed by atoms with Crippen LogP contribution in [-0.4, -0.2) is 22.9 Å². The van der Waals surface area contributed by atoms with Gasteiger partial charge in [-0.2, -0.15) is 0 Å². The summed E-state index contributed by atoms with van der Waals surface area (Å²) in [5.74, 6) is -1.34. The SMILES string of the molecule is CC(SCC(=O)Nc1ccc(F)cc1)C(=O)OCc1cc(F)cc2c1OC(c1ccccc1)OC2. The molecule has 1 heterocycles. The van der Waals surface area contributed by atoms with Crippen molar-refractivity contribution in [2.45, 2.75) is 31.7 Å². The van der Waals surface area contributed by atoms with Crippen LogP contribution in [0.2, 0.25) is 0 Å². The quantitative estimate of drug-likeness (QED) is 0.420. The molecule has 0 aliphatic carbocycles. The third kappa shape index (κ3) is 6.58. The van der Waals surface area contributed by atoms with Crippen molar-refractivity contribution in [3.63, 3.8) is 0 Å². The second-order valence-electron chi connectivity index (χ2n) is 7.84. The number of amides is 1. The van der Waals surface area contributed by atoms with Gasteiger partial charge >= 0.3 is 5.97 Å². The minimum Gasteiger partial charge on any atom is -0.460 e. The molecule has 2 atom stereocenters. The number of hydrogen-bond donors (Lipinski definition) is 1. The Labute approximate surface area is 205 Å². The number of carbonyl (C=O) groups excluding carboxylic acids is 2. The zero-order valence-corrected chi connectivity index (χ0v) is 19.6. The third-order valence-corrected chi connectivity index (χ3v) is 6.31. The molecule has 0 saturated carbocycles. The van der Waals surface area contributed by atoms with Crippen molar-refractivity contribution in [1.29, 1.82) is 0 Å². The van der Waals surface area contributed by atoms with Gasteiger partial charge in [-0.15, -0.1) is 11.8 Å². The van der Waals surface area contributed by atoms with E-state index in [1.54, 1.807) is 6.92 Å². The van der Waals surface area contributed by atoms with Gasteiger partial charge in [0.05, 0.1) is 12.4 Å². The first-order valence-electron chi connectivity index (χ1n) is 10.9. The summed E-state index contributed by atoms with van der Waals surface area (Å²) < 4.78 is 44.2. The molecule has 0 saturated heterocycles. The second-order valence-corrected chi connectivity index (χ2v) is 9.17. The number of thioether (sulfide) groups is 1. The number of fused-ring (bicyclic) bond motifs is 1. The van der Waals surface area contributed by atoms with Crippen LogP contribution >= 0.6 is 11.8 Å². The second kappa shape index (κ2) is 11.3. The Morgan fingerprint density at radius 3 is 2.57 bits per heavy atom. The Morgan fingerprint density at radius 2 is 1.83 bits per heavy atom. The van der Waals surface area contributed by atoms with E-state index in [9.17, 15) is 18.4 Å². The van der Waals surface area contributed by atoms with E-state index in [0.29, 0.717) is 22.6 Å². The van der Waals surface area contributed by atoms with Crippen molar-refractivity contribution in [2.75, 3.05) is 11.1 Å². The molecule has 6 nitrogen and oxygen atoms in total. The van der Waals surface area contributed by atoms with Crippen LogP contribution in [-0.2, 0) is 32.3 Å². The van der Waals surface area contributed by atoms with Crippen LogP contribution < -0.4 is 10.1 Å². The van der Waals surface area contributed by atoms with Crippen molar-refractivity contribution in [1.82, 2.24) is 0 Å². The van der Waals surface area contributed by atoms with E-state index in [2.05, 4.69) is 5.32 Å². The molecule has 9 heteroatoms. The van der Waals surface area contributed by atoms with E-state index in [4.69, 9.17) is 14.2 Å². The summed E-state index contributed by atoms with van der Waals surface area (Å²) >= 11 is 1.09. The van der Waals surface area contributed by atoms with Crippen LogP contribution in [0.3, 0.4) is 0 Å². The van der Waals surface area contributed by atoms with Crippen molar-refractivity contribution in [2.24, 2.45) is 0 Å². The molecule has 182 valence electrons. The highest BCUT2D eigenvalue weighted by molar-refractivity contribution is 8.01. The molecule has 1 aliphatic rings. The minimum absolute atomic E-state index is 0.00219. The van der Waals surface area contributed by atoms with Gasteiger partial charge in [0.25, 0.3) is 0 Å². The van der Waals surface area contributed by atoms with Gasteiger partial charge in [0, 0.05) is 22.4 Å². The topological polar surface area (TPSA) is 73.9 Å². The summed E-state index contributed by atoms with van der Waals surface area (Å²) in [4.78, 5) is 24.6. The van der Waals surface area contributed by atoms with Gasteiger partial charge in [-0.25, -0.2) is 8.78 Å². The molecule has 1 aliphatic heterocycles. The number of nitrogens with one attached hydrogen (secondary N) is 1. The molecule has 3 aromatic carbocycles. The van der Waals surface area contributed by atoms with Crippen molar-refractivity contribution >= 4 is 29.3 Å². The molecule has 0 aromatic heterocycles. The maximum absolute atomic E-state index is 14.1. The first-order chi connectivity index (χ1) is 16.9. The van der Waals surface area contributed by atoms with Crippen LogP contribution in [0.5, 0.6) is 5.75 Å². The van der Waals surface area contributed by atoms with Gasteiger partial charge in [-0.3, -0.25) is 9.59 Å². The normalized spacial score (nSPS) is 15.5. The fourth-order valence-electron chi connectivity index (χ4n) is 3.42. The number of ether oxygens (including phenoxy) is 3. The molecule has 0 radical (unpaired) electrons. The van der Waals surface area contributed by atoms with E-state index in [1.165, 1.54) is 36.4 Å². The average molecular weight is 500 g/mol. The van der Waals surface area contributed by atoms with Gasteiger partial charge in [0.2, 0.25) is 12.2 Å². The standard InChI is InChI=1S/C26H23F2NO5S/c1-16(35-15-23(30)29-22-9-7-20(27)8-10-22)25(31)32-13-18-11-21(28)12-19-14-33-26(34-24(18)19)17-5-3-2-4-6-17/h2-12,16,26H,13-15H2,1H3,(H,29,30). The number of rotatable bonds is 8. The zero-order chi connectivity index (χ0) is 24.8. The first-order valence-corrected chi connectivity index (χ1v) is 11.9. The van der Waals surface area contributed by atoms with E-state index in [0.717, 1.165) is 17.3 Å².